The van der Waals surface area contributed by atoms with E-state index in [1.807, 2.05) is 17.5 Å². The second-order valence-corrected chi connectivity index (χ2v) is 6.61. The Bertz CT molecular complexity index is 547. The number of nitrogens with zero attached hydrogens (tertiary/aromatic N) is 2. The molecule has 1 fully saturated rings. The average Bonchev–Trinajstić information content (AvgIpc) is 3.23. The Kier molecular flexibility index (Phi) is 4.67. The van der Waals surface area contributed by atoms with E-state index in [1.54, 1.807) is 11.3 Å². The highest BCUT2D eigenvalue weighted by atomic mass is 32.1. The molecule has 0 spiro atoms. The summed E-state index contributed by atoms with van der Waals surface area (Å²) in [6.07, 6.45) is 6.28. The van der Waals surface area contributed by atoms with Crippen LogP contribution in [0.3, 0.4) is 0 Å². The van der Waals surface area contributed by atoms with Gasteiger partial charge in [-0.3, -0.25) is 0 Å². The van der Waals surface area contributed by atoms with Gasteiger partial charge >= 0.3 is 0 Å². The third-order valence-electron chi connectivity index (χ3n) is 4.14. The third-order valence-corrected chi connectivity index (χ3v) is 5.01. The normalized spacial score (nSPS) is 17.4. The van der Waals surface area contributed by atoms with Crippen molar-refractivity contribution in [2.45, 2.75) is 44.1 Å². The minimum absolute atomic E-state index is 0.0447. The molecule has 0 aromatic carbocycles. The number of rotatable bonds is 7. The van der Waals surface area contributed by atoms with Crippen LogP contribution >= 0.6 is 11.3 Å². The van der Waals surface area contributed by atoms with Gasteiger partial charge in [0, 0.05) is 12.0 Å². The smallest absolute Gasteiger partial charge is 0.227 e. The van der Waals surface area contributed by atoms with Crippen LogP contribution in [0.4, 0.5) is 0 Å². The van der Waals surface area contributed by atoms with Gasteiger partial charge < -0.3 is 14.9 Å². The molecule has 1 saturated carbocycles. The molecule has 114 valence electrons. The molecular formula is C15H21N3O2S. The summed E-state index contributed by atoms with van der Waals surface area (Å²) in [5, 5.41) is 19.1. The van der Waals surface area contributed by atoms with E-state index in [0.717, 1.165) is 37.1 Å². The first-order valence-electron chi connectivity index (χ1n) is 7.54. The van der Waals surface area contributed by atoms with Crippen LogP contribution in [0.5, 0.6) is 0 Å². The van der Waals surface area contributed by atoms with Crippen molar-refractivity contribution < 1.29 is 9.63 Å². The van der Waals surface area contributed by atoms with Crippen LogP contribution in [0.1, 0.15) is 38.0 Å². The lowest BCUT2D eigenvalue weighted by Crippen LogP contribution is -2.46. The summed E-state index contributed by atoms with van der Waals surface area (Å²) < 4.78 is 5.28. The average molecular weight is 307 g/mol. The number of aliphatic hydroxyl groups is 1. The van der Waals surface area contributed by atoms with Gasteiger partial charge in [-0.15, -0.1) is 11.3 Å². The zero-order chi connectivity index (χ0) is 14.5. The summed E-state index contributed by atoms with van der Waals surface area (Å²) in [7, 11) is 0. The van der Waals surface area contributed by atoms with Gasteiger partial charge in [0.2, 0.25) is 11.7 Å². The highest BCUT2D eigenvalue weighted by molar-refractivity contribution is 7.13. The fraction of sp³-hybridized carbons (Fsp3) is 0.600. The predicted octanol–water partition coefficient (Wildman–Crippen LogP) is 2.63. The first-order chi connectivity index (χ1) is 10.3. The maximum Gasteiger partial charge on any atom is 0.227 e. The molecule has 3 rings (SSSR count). The molecule has 1 aliphatic rings. The zero-order valence-electron chi connectivity index (χ0n) is 12.0. The lowest BCUT2D eigenvalue weighted by Gasteiger charge is -2.28. The lowest BCUT2D eigenvalue weighted by molar-refractivity contribution is 0.164. The van der Waals surface area contributed by atoms with Crippen molar-refractivity contribution in [1.82, 2.24) is 15.5 Å². The molecule has 0 unspecified atom stereocenters. The van der Waals surface area contributed by atoms with Crippen LogP contribution in [-0.2, 0) is 6.42 Å². The van der Waals surface area contributed by atoms with E-state index in [4.69, 9.17) is 4.52 Å². The van der Waals surface area contributed by atoms with Crippen LogP contribution < -0.4 is 5.32 Å². The number of aromatic nitrogens is 2. The van der Waals surface area contributed by atoms with E-state index in [9.17, 15) is 5.11 Å². The van der Waals surface area contributed by atoms with Crippen LogP contribution in [0, 0.1) is 0 Å². The fourth-order valence-electron chi connectivity index (χ4n) is 2.90. The molecule has 2 N–H and O–H groups in total. The van der Waals surface area contributed by atoms with Crippen molar-refractivity contribution in [2.75, 3.05) is 13.2 Å². The van der Waals surface area contributed by atoms with Gasteiger partial charge in [-0.05, 0) is 37.3 Å². The summed E-state index contributed by atoms with van der Waals surface area (Å²) in [4.78, 5) is 5.45. The molecule has 2 aromatic heterocycles. The number of nitrogens with one attached hydrogen (secondary N) is 1. The maximum absolute atomic E-state index is 9.54. The van der Waals surface area contributed by atoms with E-state index < -0.39 is 0 Å². The first-order valence-corrected chi connectivity index (χ1v) is 8.42. The standard InChI is InChI=1S/C15H21N3O2S/c19-11-15(7-1-2-8-15)16-9-3-6-13-17-14(18-20-13)12-5-4-10-21-12/h4-5,10,16,19H,1-3,6-9,11H2. The Morgan fingerprint density at radius 1 is 1.38 bits per heavy atom. The molecule has 21 heavy (non-hydrogen) atoms. The molecule has 2 heterocycles. The van der Waals surface area contributed by atoms with Crippen LogP contribution in [0.25, 0.3) is 10.7 Å². The van der Waals surface area contributed by atoms with Crippen LogP contribution in [0.2, 0.25) is 0 Å². The second kappa shape index (κ2) is 6.68. The van der Waals surface area contributed by atoms with Gasteiger partial charge in [0.05, 0.1) is 11.5 Å². The number of thiophene rings is 1. The van der Waals surface area contributed by atoms with Crippen molar-refractivity contribution in [3.63, 3.8) is 0 Å². The molecule has 0 amide bonds. The lowest BCUT2D eigenvalue weighted by atomic mass is 9.99. The molecule has 2 aromatic rings. The molecule has 6 heteroatoms. The third kappa shape index (κ3) is 3.51. The molecule has 0 bridgehead atoms. The minimum Gasteiger partial charge on any atom is -0.394 e. The van der Waals surface area contributed by atoms with Gasteiger partial charge in [-0.1, -0.05) is 24.1 Å². The summed E-state index contributed by atoms with van der Waals surface area (Å²) in [6.45, 7) is 1.10. The van der Waals surface area contributed by atoms with E-state index in [1.165, 1.54) is 12.8 Å². The van der Waals surface area contributed by atoms with Gasteiger partial charge in [-0.2, -0.15) is 4.98 Å². The van der Waals surface area contributed by atoms with Crippen molar-refractivity contribution in [1.29, 1.82) is 0 Å². The first kappa shape index (κ1) is 14.7. The summed E-state index contributed by atoms with van der Waals surface area (Å²) in [6, 6.07) is 3.97. The van der Waals surface area contributed by atoms with Crippen molar-refractivity contribution in [2.24, 2.45) is 0 Å². The quantitative estimate of drug-likeness (QED) is 0.769. The maximum atomic E-state index is 9.54. The topological polar surface area (TPSA) is 71.2 Å². The van der Waals surface area contributed by atoms with Gasteiger partial charge in [0.15, 0.2) is 0 Å². The zero-order valence-corrected chi connectivity index (χ0v) is 12.9. The number of hydrogen-bond donors (Lipinski definition) is 2. The Balaban J connectivity index is 1.45. The molecule has 5 nitrogen and oxygen atoms in total. The molecule has 0 saturated heterocycles. The number of aryl methyl sites for hydroxylation is 1. The predicted molar refractivity (Wildman–Crippen MR) is 82.2 cm³/mol. The van der Waals surface area contributed by atoms with Gasteiger partial charge in [0.25, 0.3) is 0 Å². The fourth-order valence-corrected chi connectivity index (χ4v) is 3.55. The van der Waals surface area contributed by atoms with Gasteiger partial charge in [0.1, 0.15) is 0 Å². The molecule has 1 aliphatic carbocycles. The molecule has 0 atom stereocenters. The summed E-state index contributed by atoms with van der Waals surface area (Å²) in [5.41, 5.74) is -0.0447. The monoisotopic (exact) mass is 307 g/mol. The van der Waals surface area contributed by atoms with E-state index in [-0.39, 0.29) is 12.1 Å². The van der Waals surface area contributed by atoms with E-state index in [0.29, 0.717) is 11.7 Å². The molecule has 0 radical (unpaired) electrons. The largest absolute Gasteiger partial charge is 0.394 e. The van der Waals surface area contributed by atoms with Crippen molar-refractivity contribution in [3.8, 4) is 10.7 Å². The Labute approximate surface area is 128 Å². The SMILES string of the molecule is OCC1(NCCCc2nc(-c3cccs3)no2)CCCC1. The van der Waals surface area contributed by atoms with E-state index >= 15 is 0 Å². The van der Waals surface area contributed by atoms with Gasteiger partial charge in [-0.25, -0.2) is 0 Å². The Hall–Kier alpha value is -1.24. The van der Waals surface area contributed by atoms with Crippen molar-refractivity contribution >= 4 is 11.3 Å². The number of aliphatic hydroxyl groups excluding tert-OH is 1. The molecular weight excluding hydrogens is 286 g/mol. The highest BCUT2D eigenvalue weighted by Gasteiger charge is 2.32. The Morgan fingerprint density at radius 3 is 2.95 bits per heavy atom. The Morgan fingerprint density at radius 2 is 2.24 bits per heavy atom. The van der Waals surface area contributed by atoms with Crippen molar-refractivity contribution in [3.05, 3.63) is 23.4 Å². The summed E-state index contributed by atoms with van der Waals surface area (Å²) >= 11 is 1.61. The summed E-state index contributed by atoms with van der Waals surface area (Å²) in [5.74, 6) is 1.36. The van der Waals surface area contributed by atoms with Crippen LogP contribution in [-0.4, -0.2) is 33.9 Å². The number of hydrogen-bond acceptors (Lipinski definition) is 6. The highest BCUT2D eigenvalue weighted by Crippen LogP contribution is 2.29. The molecule has 0 aliphatic heterocycles. The second-order valence-electron chi connectivity index (χ2n) is 5.66. The van der Waals surface area contributed by atoms with E-state index in [2.05, 4.69) is 15.5 Å². The minimum atomic E-state index is -0.0447. The van der Waals surface area contributed by atoms with Crippen LogP contribution in [0.15, 0.2) is 22.0 Å².